The number of nitrogens with zero attached hydrogens (tertiary/aromatic N) is 5. The molecule has 3 aromatic rings. The minimum absolute atomic E-state index is 0.157. The van der Waals surface area contributed by atoms with Gasteiger partial charge in [-0.1, -0.05) is 42.7 Å². The lowest BCUT2D eigenvalue weighted by molar-refractivity contribution is 0.415. The van der Waals surface area contributed by atoms with Crippen LogP contribution in [0.15, 0.2) is 28.8 Å². The third-order valence-electron chi connectivity index (χ3n) is 3.87. The van der Waals surface area contributed by atoms with E-state index in [4.69, 9.17) is 16.1 Å². The van der Waals surface area contributed by atoms with E-state index in [1.165, 1.54) is 0 Å². The molecule has 0 saturated carbocycles. The van der Waals surface area contributed by atoms with Crippen molar-refractivity contribution in [1.82, 2.24) is 30.2 Å². The number of halogens is 1. The number of aromatic nitrogens is 5. The van der Waals surface area contributed by atoms with Gasteiger partial charge in [0, 0.05) is 18.4 Å². The number of benzene rings is 1. The van der Waals surface area contributed by atoms with Crippen molar-refractivity contribution in [3.63, 3.8) is 0 Å². The quantitative estimate of drug-likeness (QED) is 0.726. The molecule has 1 aromatic carbocycles. The van der Waals surface area contributed by atoms with Gasteiger partial charge < -0.3 is 9.84 Å². The first-order chi connectivity index (χ1) is 12.0. The van der Waals surface area contributed by atoms with Crippen LogP contribution in [0.5, 0.6) is 0 Å². The molecule has 0 saturated heterocycles. The number of hydrogen-bond acceptors (Lipinski definition) is 6. The van der Waals surface area contributed by atoms with Crippen LogP contribution in [-0.4, -0.2) is 38.0 Å². The van der Waals surface area contributed by atoms with Crippen LogP contribution >= 0.6 is 11.6 Å². The van der Waals surface area contributed by atoms with Gasteiger partial charge in [0.15, 0.2) is 5.82 Å². The molecule has 0 aliphatic carbocycles. The van der Waals surface area contributed by atoms with E-state index in [1.807, 2.05) is 31.3 Å². The monoisotopic (exact) mass is 360 g/mol. The zero-order valence-corrected chi connectivity index (χ0v) is 15.4. The Morgan fingerprint density at radius 1 is 1.20 bits per heavy atom. The van der Waals surface area contributed by atoms with Gasteiger partial charge in [0.1, 0.15) is 5.82 Å². The second-order valence-electron chi connectivity index (χ2n) is 6.22. The van der Waals surface area contributed by atoms with Gasteiger partial charge in [0.2, 0.25) is 5.82 Å². The summed E-state index contributed by atoms with van der Waals surface area (Å²) in [5.41, 5.74) is 0.773. The molecule has 0 amide bonds. The van der Waals surface area contributed by atoms with Crippen LogP contribution < -0.4 is 5.32 Å². The van der Waals surface area contributed by atoms with Crippen molar-refractivity contribution in [3.8, 4) is 17.4 Å². The summed E-state index contributed by atoms with van der Waals surface area (Å²) in [5, 5.41) is 12.3. The summed E-state index contributed by atoms with van der Waals surface area (Å²) < 4.78 is 7.09. The molecule has 0 spiro atoms. The van der Waals surface area contributed by atoms with Crippen LogP contribution in [0.2, 0.25) is 5.02 Å². The van der Waals surface area contributed by atoms with E-state index in [2.05, 4.69) is 46.3 Å². The molecular weight excluding hydrogens is 340 g/mol. The maximum Gasteiger partial charge on any atom is 0.297 e. The van der Waals surface area contributed by atoms with E-state index >= 15 is 0 Å². The molecule has 1 unspecified atom stereocenters. The number of para-hydroxylation sites is 1. The second kappa shape index (κ2) is 7.33. The van der Waals surface area contributed by atoms with Crippen molar-refractivity contribution in [2.24, 2.45) is 0 Å². The van der Waals surface area contributed by atoms with Gasteiger partial charge in [0.25, 0.3) is 5.89 Å². The van der Waals surface area contributed by atoms with Crippen LogP contribution in [0, 0.1) is 0 Å². The summed E-state index contributed by atoms with van der Waals surface area (Å²) in [7, 11) is 1.90. The summed E-state index contributed by atoms with van der Waals surface area (Å²) in [5.74, 6) is 2.28. The van der Waals surface area contributed by atoms with Crippen LogP contribution in [0.25, 0.3) is 17.4 Å². The molecule has 25 heavy (non-hydrogen) atoms. The van der Waals surface area contributed by atoms with Gasteiger partial charge in [-0.3, -0.25) is 0 Å². The minimum Gasteiger partial charge on any atom is -0.330 e. The first kappa shape index (κ1) is 17.6. The lowest BCUT2D eigenvalue weighted by Crippen LogP contribution is -2.24. The number of likely N-dealkylation sites (N-methyl/N-ethyl adjacent to an activating group) is 1. The third kappa shape index (κ3) is 3.72. The molecule has 2 heterocycles. The van der Waals surface area contributed by atoms with Gasteiger partial charge in [-0.05, 0) is 26.1 Å². The Hall–Kier alpha value is -2.25. The molecule has 3 rings (SSSR count). The highest BCUT2D eigenvalue weighted by Crippen LogP contribution is 2.26. The topological polar surface area (TPSA) is 81.7 Å². The number of rotatable bonds is 6. The highest BCUT2D eigenvalue weighted by Gasteiger charge is 2.21. The molecule has 0 fully saturated rings. The second-order valence-corrected chi connectivity index (χ2v) is 6.63. The summed E-state index contributed by atoms with van der Waals surface area (Å²) in [6.45, 7) is 6.15. The number of nitrogens with one attached hydrogen (secondary N) is 1. The van der Waals surface area contributed by atoms with E-state index in [0.717, 1.165) is 11.5 Å². The summed E-state index contributed by atoms with van der Waals surface area (Å²) >= 11 is 6.32. The van der Waals surface area contributed by atoms with Crippen LogP contribution in [0.1, 0.15) is 38.3 Å². The molecule has 7 nitrogen and oxygen atoms in total. The van der Waals surface area contributed by atoms with E-state index in [1.54, 1.807) is 4.68 Å². The Bertz CT molecular complexity index is 856. The SMILES string of the molecule is CNC(C)Cc1noc(-c2nc(C(C)C)n(-c3ccccc3Cl)n2)n1. The molecule has 132 valence electrons. The largest absolute Gasteiger partial charge is 0.330 e. The lowest BCUT2D eigenvalue weighted by atomic mass is 10.2. The van der Waals surface area contributed by atoms with Crippen LogP contribution in [-0.2, 0) is 6.42 Å². The fourth-order valence-corrected chi connectivity index (χ4v) is 2.61. The molecule has 1 N–H and O–H groups in total. The fourth-order valence-electron chi connectivity index (χ4n) is 2.39. The summed E-state index contributed by atoms with van der Waals surface area (Å²) in [6, 6.07) is 7.78. The Morgan fingerprint density at radius 3 is 2.64 bits per heavy atom. The highest BCUT2D eigenvalue weighted by atomic mass is 35.5. The van der Waals surface area contributed by atoms with Gasteiger partial charge >= 0.3 is 0 Å². The Labute approximate surface area is 151 Å². The third-order valence-corrected chi connectivity index (χ3v) is 4.19. The zero-order valence-electron chi connectivity index (χ0n) is 14.7. The van der Waals surface area contributed by atoms with Crippen LogP contribution in [0.4, 0.5) is 0 Å². The first-order valence-electron chi connectivity index (χ1n) is 8.21. The van der Waals surface area contributed by atoms with Crippen molar-refractivity contribution in [1.29, 1.82) is 0 Å². The minimum atomic E-state index is 0.157. The Balaban J connectivity index is 1.99. The van der Waals surface area contributed by atoms with Gasteiger partial charge in [0.05, 0.1) is 10.7 Å². The van der Waals surface area contributed by atoms with Crippen molar-refractivity contribution < 1.29 is 4.52 Å². The van der Waals surface area contributed by atoms with Crippen molar-refractivity contribution in [3.05, 3.63) is 40.9 Å². The Kier molecular flexibility index (Phi) is 5.15. The highest BCUT2D eigenvalue weighted by molar-refractivity contribution is 6.32. The summed E-state index contributed by atoms with van der Waals surface area (Å²) in [4.78, 5) is 9.00. The van der Waals surface area contributed by atoms with Crippen LogP contribution in [0.3, 0.4) is 0 Å². The van der Waals surface area contributed by atoms with E-state index < -0.39 is 0 Å². The lowest BCUT2D eigenvalue weighted by Gasteiger charge is -2.09. The molecule has 8 heteroatoms. The zero-order chi connectivity index (χ0) is 18.0. The predicted octanol–water partition coefficient (Wildman–Crippen LogP) is 3.24. The molecule has 1 atom stereocenters. The molecule has 0 aliphatic rings. The smallest absolute Gasteiger partial charge is 0.297 e. The van der Waals surface area contributed by atoms with Crippen molar-refractivity contribution in [2.45, 2.75) is 39.2 Å². The average Bonchev–Trinajstić information content (AvgIpc) is 3.22. The van der Waals surface area contributed by atoms with E-state index in [9.17, 15) is 0 Å². The Morgan fingerprint density at radius 2 is 1.96 bits per heavy atom. The van der Waals surface area contributed by atoms with Crippen molar-refractivity contribution >= 4 is 11.6 Å². The molecule has 2 aromatic heterocycles. The molecule has 0 radical (unpaired) electrons. The van der Waals surface area contributed by atoms with E-state index in [-0.39, 0.29) is 12.0 Å². The standard InChI is InChI=1S/C17H21ClN6O/c1-10(2)16-21-15(17-20-14(23-25-17)9-11(3)19-4)22-24(16)13-8-6-5-7-12(13)18/h5-8,10-11,19H,9H2,1-4H3. The normalized spacial score (nSPS) is 12.7. The van der Waals surface area contributed by atoms with Crippen molar-refractivity contribution in [2.75, 3.05) is 7.05 Å². The van der Waals surface area contributed by atoms with Gasteiger partial charge in [-0.2, -0.15) is 4.98 Å². The fraction of sp³-hybridized carbons (Fsp3) is 0.412. The predicted molar refractivity (Wildman–Crippen MR) is 96.0 cm³/mol. The average molecular weight is 361 g/mol. The first-order valence-corrected chi connectivity index (χ1v) is 8.59. The van der Waals surface area contributed by atoms with Gasteiger partial charge in [-0.15, -0.1) is 5.10 Å². The number of hydrogen-bond donors (Lipinski definition) is 1. The molecule has 0 aliphatic heterocycles. The molecule has 0 bridgehead atoms. The maximum atomic E-state index is 6.32. The van der Waals surface area contributed by atoms with Gasteiger partial charge in [-0.25, -0.2) is 9.67 Å². The summed E-state index contributed by atoms with van der Waals surface area (Å²) in [6.07, 6.45) is 0.669. The molecular formula is C17H21ClN6O. The maximum absolute atomic E-state index is 6.32. The van der Waals surface area contributed by atoms with E-state index in [0.29, 0.717) is 29.0 Å².